The van der Waals surface area contributed by atoms with Crippen LogP contribution in [0.5, 0.6) is 11.5 Å². The lowest BCUT2D eigenvalue weighted by molar-refractivity contribution is -0.120. The molecule has 2 heterocycles. The van der Waals surface area contributed by atoms with Gasteiger partial charge in [-0.15, -0.1) is 0 Å². The van der Waals surface area contributed by atoms with Gasteiger partial charge in [0.05, 0.1) is 12.5 Å². The predicted octanol–water partition coefficient (Wildman–Crippen LogP) is 2.42. The Bertz CT molecular complexity index is 911. The maximum atomic E-state index is 12.5. The van der Waals surface area contributed by atoms with Crippen LogP contribution in [0.4, 0.5) is 0 Å². The Kier molecular flexibility index (Phi) is 4.22. The minimum absolute atomic E-state index is 0.115. The molecule has 4 rings (SSSR count). The lowest BCUT2D eigenvalue weighted by Gasteiger charge is -2.21. The van der Waals surface area contributed by atoms with Crippen molar-refractivity contribution in [1.82, 2.24) is 10.6 Å². The van der Waals surface area contributed by atoms with Gasteiger partial charge in [0.1, 0.15) is 0 Å². The Morgan fingerprint density at radius 1 is 1.15 bits per heavy atom. The molecule has 2 aliphatic heterocycles. The first-order valence-electron chi connectivity index (χ1n) is 7.92. The number of nitrogens with zero attached hydrogens (tertiary/aromatic N) is 1. The Hall–Kier alpha value is -3.06. The quantitative estimate of drug-likeness (QED) is 0.848. The zero-order valence-electron chi connectivity index (χ0n) is 13.5. The predicted molar refractivity (Wildman–Crippen MR) is 94.4 cm³/mol. The van der Waals surface area contributed by atoms with Crippen molar-refractivity contribution < 1.29 is 19.1 Å². The summed E-state index contributed by atoms with van der Waals surface area (Å²) in [6, 6.07) is 11.6. The third-order valence-corrected chi connectivity index (χ3v) is 4.29. The first-order valence-corrected chi connectivity index (χ1v) is 8.30. The van der Waals surface area contributed by atoms with Crippen molar-refractivity contribution in [3.8, 4) is 11.5 Å². The Morgan fingerprint density at radius 2 is 1.92 bits per heavy atom. The van der Waals surface area contributed by atoms with Crippen LogP contribution in [0, 0.1) is 0 Å². The number of hydrogen-bond acceptors (Lipinski definition) is 5. The van der Waals surface area contributed by atoms with E-state index < -0.39 is 5.91 Å². The number of guanidine groups is 1. The van der Waals surface area contributed by atoms with Gasteiger partial charge in [-0.25, -0.2) is 4.99 Å². The van der Waals surface area contributed by atoms with Crippen molar-refractivity contribution in [3.05, 3.63) is 58.6 Å². The lowest BCUT2D eigenvalue weighted by Crippen LogP contribution is -2.47. The third-order valence-electron chi connectivity index (χ3n) is 4.04. The first-order chi connectivity index (χ1) is 12.6. The molecule has 7 nitrogen and oxygen atoms in total. The summed E-state index contributed by atoms with van der Waals surface area (Å²) in [5.41, 5.74) is 1.22. The van der Waals surface area contributed by atoms with Crippen molar-refractivity contribution >= 4 is 29.4 Å². The number of fused-ring (bicyclic) bond motifs is 1. The zero-order valence-corrected chi connectivity index (χ0v) is 14.2. The fourth-order valence-electron chi connectivity index (χ4n) is 2.75. The molecule has 0 spiro atoms. The van der Waals surface area contributed by atoms with E-state index in [0.717, 1.165) is 5.56 Å². The van der Waals surface area contributed by atoms with Crippen molar-refractivity contribution in [2.24, 2.45) is 4.99 Å². The average Bonchev–Trinajstić information content (AvgIpc) is 3.09. The third kappa shape index (κ3) is 3.34. The van der Waals surface area contributed by atoms with Crippen molar-refractivity contribution in [2.75, 3.05) is 6.79 Å². The Morgan fingerprint density at radius 3 is 2.73 bits per heavy atom. The van der Waals surface area contributed by atoms with Gasteiger partial charge < -0.3 is 9.47 Å². The molecule has 0 aromatic heterocycles. The molecule has 2 amide bonds. The highest BCUT2D eigenvalue weighted by atomic mass is 35.5. The number of hydrogen-bond donors (Lipinski definition) is 2. The minimum Gasteiger partial charge on any atom is -0.454 e. The van der Waals surface area contributed by atoms with Gasteiger partial charge in [-0.3, -0.25) is 20.2 Å². The second-order valence-corrected chi connectivity index (χ2v) is 6.26. The molecule has 0 aliphatic carbocycles. The zero-order chi connectivity index (χ0) is 18.1. The number of rotatable bonds is 2. The molecule has 8 heteroatoms. The molecule has 2 aromatic rings. The van der Waals surface area contributed by atoms with Crippen LogP contribution >= 0.6 is 11.6 Å². The van der Waals surface area contributed by atoms with Gasteiger partial charge in [-0.1, -0.05) is 23.7 Å². The summed E-state index contributed by atoms with van der Waals surface area (Å²) < 4.78 is 10.5. The second kappa shape index (κ2) is 6.68. The van der Waals surface area contributed by atoms with Gasteiger partial charge in [0, 0.05) is 10.6 Å². The number of aliphatic imine (C=N–C) groups is 1. The number of benzene rings is 2. The molecule has 1 atom stereocenters. The molecule has 26 heavy (non-hydrogen) atoms. The van der Waals surface area contributed by atoms with E-state index in [1.165, 1.54) is 0 Å². The van der Waals surface area contributed by atoms with E-state index in [1.54, 1.807) is 30.3 Å². The minimum atomic E-state index is -0.404. The number of ether oxygens (including phenoxy) is 2. The van der Waals surface area contributed by atoms with Crippen LogP contribution < -0.4 is 20.1 Å². The molecular formula is C18H14ClN3O4. The van der Waals surface area contributed by atoms with Gasteiger partial charge in [0.15, 0.2) is 11.5 Å². The normalized spacial score (nSPS) is 18.1. The molecule has 0 bridgehead atoms. The van der Waals surface area contributed by atoms with E-state index in [1.807, 2.05) is 12.1 Å². The number of amides is 2. The average molecular weight is 372 g/mol. The molecule has 0 fully saturated rings. The highest BCUT2D eigenvalue weighted by molar-refractivity contribution is 6.30. The Labute approximate surface area is 154 Å². The van der Waals surface area contributed by atoms with E-state index in [-0.39, 0.29) is 31.1 Å². The summed E-state index contributed by atoms with van der Waals surface area (Å²) >= 11 is 5.89. The fourth-order valence-corrected chi connectivity index (χ4v) is 2.88. The molecule has 132 valence electrons. The van der Waals surface area contributed by atoms with Gasteiger partial charge in [0.25, 0.3) is 5.91 Å². The maximum absolute atomic E-state index is 12.5. The van der Waals surface area contributed by atoms with E-state index >= 15 is 0 Å². The summed E-state index contributed by atoms with van der Waals surface area (Å²) in [6.45, 7) is 0.131. The maximum Gasteiger partial charge on any atom is 0.258 e. The number of carbonyl (C=O) groups excluding carboxylic acids is 2. The summed E-state index contributed by atoms with van der Waals surface area (Å²) in [7, 11) is 0. The molecule has 0 saturated heterocycles. The first kappa shape index (κ1) is 16.4. The van der Waals surface area contributed by atoms with Crippen LogP contribution in [0.25, 0.3) is 0 Å². The van der Waals surface area contributed by atoms with E-state index in [9.17, 15) is 9.59 Å². The molecule has 0 radical (unpaired) electrons. The monoisotopic (exact) mass is 371 g/mol. The van der Waals surface area contributed by atoms with Gasteiger partial charge in [0.2, 0.25) is 18.7 Å². The number of carbonyl (C=O) groups is 2. The standard InChI is InChI=1S/C18H14ClN3O4/c19-12-4-1-10(2-5-12)13-8-16(23)21-18(20-13)22-17(24)11-3-6-14-15(7-11)26-9-25-14/h1-7,13H,8-9H2,(H2,20,21,22,23,24). The highest BCUT2D eigenvalue weighted by Gasteiger charge is 2.24. The molecule has 2 aromatic carbocycles. The van der Waals surface area contributed by atoms with Crippen LogP contribution in [0.2, 0.25) is 5.02 Å². The molecule has 1 unspecified atom stereocenters. The van der Waals surface area contributed by atoms with E-state index in [0.29, 0.717) is 22.1 Å². The number of halogens is 1. The molecular weight excluding hydrogens is 358 g/mol. The van der Waals surface area contributed by atoms with Crippen LogP contribution in [0.1, 0.15) is 28.4 Å². The van der Waals surface area contributed by atoms with E-state index in [2.05, 4.69) is 15.6 Å². The van der Waals surface area contributed by atoms with Crippen LogP contribution in [-0.4, -0.2) is 24.6 Å². The van der Waals surface area contributed by atoms with E-state index in [4.69, 9.17) is 21.1 Å². The second-order valence-electron chi connectivity index (χ2n) is 5.82. The molecule has 2 aliphatic rings. The van der Waals surface area contributed by atoms with Crippen molar-refractivity contribution in [3.63, 3.8) is 0 Å². The fraction of sp³-hybridized carbons (Fsp3) is 0.167. The number of nitrogens with one attached hydrogen (secondary N) is 2. The van der Waals surface area contributed by atoms with Crippen LogP contribution in [0.3, 0.4) is 0 Å². The largest absolute Gasteiger partial charge is 0.454 e. The molecule has 0 saturated carbocycles. The summed E-state index contributed by atoms with van der Waals surface area (Å²) in [6.07, 6.45) is 0.199. The van der Waals surface area contributed by atoms with Crippen molar-refractivity contribution in [1.29, 1.82) is 0 Å². The lowest BCUT2D eigenvalue weighted by atomic mass is 10.0. The Balaban J connectivity index is 1.53. The summed E-state index contributed by atoms with van der Waals surface area (Å²) in [5, 5.41) is 5.81. The SMILES string of the molecule is O=C1CC(c2ccc(Cl)cc2)N=C(NC(=O)c2ccc3c(c2)OCO3)N1. The summed E-state index contributed by atoms with van der Waals surface area (Å²) in [5.74, 6) is 0.586. The van der Waals surface area contributed by atoms with Crippen molar-refractivity contribution in [2.45, 2.75) is 12.5 Å². The van der Waals surface area contributed by atoms with Gasteiger partial charge >= 0.3 is 0 Å². The smallest absolute Gasteiger partial charge is 0.258 e. The molecule has 2 N–H and O–H groups in total. The van der Waals surface area contributed by atoms with Gasteiger partial charge in [-0.2, -0.15) is 0 Å². The highest BCUT2D eigenvalue weighted by Crippen LogP contribution is 2.32. The van der Waals surface area contributed by atoms with Gasteiger partial charge in [-0.05, 0) is 35.9 Å². The topological polar surface area (TPSA) is 89.0 Å². The van der Waals surface area contributed by atoms with Crippen LogP contribution in [0.15, 0.2) is 47.5 Å². The van der Waals surface area contributed by atoms with Crippen LogP contribution in [-0.2, 0) is 4.79 Å². The summed E-state index contributed by atoms with van der Waals surface area (Å²) in [4.78, 5) is 28.9.